The average molecular weight is 905 g/mol. The molecule has 7 aliphatic rings. The Balaban J connectivity index is 1.61. The second-order valence-electron chi connectivity index (χ2n) is 19.8. The van der Waals surface area contributed by atoms with E-state index >= 15 is 4.79 Å². The molecule has 4 heterocycles. The number of carbonyl (C=O) groups excluding carboxylic acids is 6. The first-order valence-corrected chi connectivity index (χ1v) is 21.2. The molecule has 2 spiro atoms. The van der Waals surface area contributed by atoms with Gasteiger partial charge in [0.05, 0.1) is 36.7 Å². The molecule has 4 aliphatic carbocycles. The number of furan rings is 1. The minimum Gasteiger partial charge on any atom is -0.511 e. The summed E-state index contributed by atoms with van der Waals surface area (Å²) in [4.78, 5) is 84.4. The summed E-state index contributed by atoms with van der Waals surface area (Å²) in [7, 11) is 1.14. The Bertz CT molecular complexity index is 2250. The SMILES string of the molecule is COC(=O)C[C@H]1[C@@]2(C)CC34OC5(C)O[C@]6([C@@H]7/C(=C(/O)C(C)C)C(=O)O[C@@H](c8ccoc8)[C@]7(C)[C@@H](OC(C)=O)[C@@H](OC(C)=O)[C@]6(O5)[C@]13C)[C@H](OC(C)=O)[C@@]4(O)[C@H]2OC(=O)C(C)(O)C(C)O. The zero-order valence-electron chi connectivity index (χ0n) is 37.7. The molecule has 20 heteroatoms. The zero-order valence-corrected chi connectivity index (χ0v) is 37.7. The number of cyclic esters (lactones) is 1. The molecule has 3 aliphatic heterocycles. The third-order valence-corrected chi connectivity index (χ3v) is 16.0. The Morgan fingerprint density at radius 3 is 2.05 bits per heavy atom. The van der Waals surface area contributed by atoms with E-state index in [0.29, 0.717) is 0 Å². The highest BCUT2D eigenvalue weighted by Crippen LogP contribution is 2.90. The lowest BCUT2D eigenvalue weighted by atomic mass is 9.32. The van der Waals surface area contributed by atoms with Crippen molar-refractivity contribution in [2.75, 3.05) is 7.11 Å². The van der Waals surface area contributed by atoms with Crippen LogP contribution in [0.3, 0.4) is 0 Å². The van der Waals surface area contributed by atoms with Crippen LogP contribution in [-0.4, -0.2) is 128 Å². The molecule has 17 atom stereocenters. The Labute approximate surface area is 367 Å². The molecular weight excluding hydrogens is 848 g/mol. The number of esters is 6. The number of methoxy groups -OCH3 is 1. The van der Waals surface area contributed by atoms with Crippen LogP contribution in [0.4, 0.5) is 0 Å². The van der Waals surface area contributed by atoms with Crippen LogP contribution in [-0.2, 0) is 71.4 Å². The van der Waals surface area contributed by atoms with Gasteiger partial charge in [-0.3, -0.25) is 19.2 Å². The van der Waals surface area contributed by atoms with E-state index in [1.54, 1.807) is 27.7 Å². The van der Waals surface area contributed by atoms with Gasteiger partial charge in [0.2, 0.25) is 0 Å². The van der Waals surface area contributed by atoms with Crippen molar-refractivity contribution >= 4 is 35.8 Å². The molecule has 0 aromatic carbocycles. The number of aliphatic hydroxyl groups excluding tert-OH is 2. The minimum absolute atomic E-state index is 0.186. The Kier molecular flexibility index (Phi) is 9.85. The van der Waals surface area contributed by atoms with Gasteiger partial charge in [-0.1, -0.05) is 34.6 Å². The van der Waals surface area contributed by atoms with Gasteiger partial charge >= 0.3 is 35.8 Å². The van der Waals surface area contributed by atoms with Crippen LogP contribution in [0.5, 0.6) is 0 Å². The van der Waals surface area contributed by atoms with Gasteiger partial charge in [0.25, 0.3) is 5.97 Å². The molecule has 1 aromatic heterocycles. The van der Waals surface area contributed by atoms with Gasteiger partial charge in [-0.05, 0) is 32.3 Å². The Morgan fingerprint density at radius 1 is 0.906 bits per heavy atom. The molecule has 352 valence electrons. The first-order valence-electron chi connectivity index (χ1n) is 21.2. The Hall–Kier alpha value is -4.60. The van der Waals surface area contributed by atoms with E-state index in [1.165, 1.54) is 32.4 Å². The summed E-state index contributed by atoms with van der Waals surface area (Å²) in [5, 5.41) is 48.6. The van der Waals surface area contributed by atoms with Gasteiger partial charge in [0, 0.05) is 62.3 Å². The van der Waals surface area contributed by atoms with Crippen LogP contribution in [0.25, 0.3) is 0 Å². The summed E-state index contributed by atoms with van der Waals surface area (Å²) >= 11 is 0. The fraction of sp³-hybridized carbons (Fsp3) is 0.727. The van der Waals surface area contributed by atoms with Crippen molar-refractivity contribution in [1.29, 1.82) is 0 Å². The lowest BCUT2D eigenvalue weighted by molar-refractivity contribution is -0.490. The highest BCUT2D eigenvalue weighted by molar-refractivity contribution is 5.92. The summed E-state index contributed by atoms with van der Waals surface area (Å²) in [6.07, 6.45) is -9.44. The quantitative estimate of drug-likeness (QED) is 0.113. The van der Waals surface area contributed by atoms with E-state index in [2.05, 4.69) is 0 Å². The predicted octanol–water partition coefficient (Wildman–Crippen LogP) is 2.14. The molecule has 20 nitrogen and oxygen atoms in total. The van der Waals surface area contributed by atoms with Gasteiger partial charge in [-0.2, -0.15) is 0 Å². The molecule has 64 heavy (non-hydrogen) atoms. The van der Waals surface area contributed by atoms with Gasteiger partial charge in [-0.25, -0.2) is 9.59 Å². The minimum atomic E-state index is -2.86. The second-order valence-corrected chi connectivity index (χ2v) is 19.8. The highest BCUT2D eigenvalue weighted by atomic mass is 16.9. The highest BCUT2D eigenvalue weighted by Gasteiger charge is 3.07. The summed E-state index contributed by atoms with van der Waals surface area (Å²) in [5.74, 6) is -13.2. The summed E-state index contributed by atoms with van der Waals surface area (Å²) in [5.41, 5.74) is -18.9. The molecule has 0 amide bonds. The summed E-state index contributed by atoms with van der Waals surface area (Å²) in [6, 6.07) is 1.47. The van der Waals surface area contributed by atoms with E-state index in [4.69, 9.17) is 47.0 Å². The van der Waals surface area contributed by atoms with Crippen molar-refractivity contribution in [1.82, 2.24) is 0 Å². The maximum Gasteiger partial charge on any atom is 0.340 e. The second kappa shape index (κ2) is 13.7. The van der Waals surface area contributed by atoms with Crippen LogP contribution in [0, 0.1) is 34.0 Å². The Morgan fingerprint density at radius 2 is 1.52 bits per heavy atom. The molecule has 4 unspecified atom stereocenters. The number of hydrogen-bond acceptors (Lipinski definition) is 20. The van der Waals surface area contributed by atoms with Crippen LogP contribution in [0.15, 0.2) is 34.3 Å². The normalized spacial score (nSPS) is 46.5. The van der Waals surface area contributed by atoms with E-state index in [-0.39, 0.29) is 12.0 Å². The summed E-state index contributed by atoms with van der Waals surface area (Å²) in [6.45, 7) is 14.5. The van der Waals surface area contributed by atoms with Crippen LogP contribution >= 0.6 is 0 Å². The number of aliphatic hydroxyl groups is 4. The molecule has 4 bridgehead atoms. The molecule has 4 N–H and O–H groups in total. The molecule has 8 rings (SSSR count). The van der Waals surface area contributed by atoms with E-state index in [0.717, 1.165) is 41.7 Å². The topological polar surface area (TPSA) is 280 Å². The molecular formula is C44H56O20. The van der Waals surface area contributed by atoms with E-state index < -0.39 is 158 Å². The van der Waals surface area contributed by atoms with E-state index in [9.17, 15) is 44.4 Å². The molecule has 3 saturated heterocycles. The van der Waals surface area contributed by atoms with Crippen molar-refractivity contribution in [3.8, 4) is 0 Å². The first kappa shape index (κ1) is 45.9. The smallest absolute Gasteiger partial charge is 0.340 e. The maximum atomic E-state index is 15.0. The van der Waals surface area contributed by atoms with Crippen molar-refractivity contribution < 1.29 is 96.2 Å². The molecule has 0 radical (unpaired) electrons. The fourth-order valence-electron chi connectivity index (χ4n) is 13.8. The number of ether oxygens (including phenoxy) is 9. The molecule has 1 aromatic rings. The van der Waals surface area contributed by atoms with Gasteiger partial charge < -0.3 is 67.5 Å². The van der Waals surface area contributed by atoms with Gasteiger partial charge in [0.15, 0.2) is 40.7 Å². The monoisotopic (exact) mass is 904 g/mol. The first-order chi connectivity index (χ1) is 29.5. The molecule has 7 fully saturated rings. The predicted molar refractivity (Wildman–Crippen MR) is 208 cm³/mol. The lowest BCUT2D eigenvalue weighted by Gasteiger charge is -2.78. The van der Waals surface area contributed by atoms with Gasteiger partial charge in [-0.15, -0.1) is 0 Å². The van der Waals surface area contributed by atoms with Crippen molar-refractivity contribution in [2.24, 2.45) is 34.0 Å². The number of rotatable bonds is 10. The van der Waals surface area contributed by atoms with Crippen molar-refractivity contribution in [2.45, 2.75) is 160 Å². The zero-order chi connectivity index (χ0) is 47.5. The maximum absolute atomic E-state index is 15.0. The van der Waals surface area contributed by atoms with Crippen LogP contribution in [0.1, 0.15) is 101 Å². The lowest BCUT2D eigenvalue weighted by Crippen LogP contribution is -2.97. The van der Waals surface area contributed by atoms with Crippen LogP contribution < -0.4 is 0 Å². The number of carbonyl (C=O) groups is 6. The van der Waals surface area contributed by atoms with Gasteiger partial charge in [0.1, 0.15) is 23.6 Å². The molecule has 4 saturated carbocycles. The van der Waals surface area contributed by atoms with Crippen molar-refractivity contribution in [3.63, 3.8) is 0 Å². The summed E-state index contributed by atoms with van der Waals surface area (Å²) < 4.78 is 63.7. The number of allylic oxidation sites excluding steroid dienone is 1. The van der Waals surface area contributed by atoms with E-state index in [1.807, 2.05) is 0 Å². The fourth-order valence-corrected chi connectivity index (χ4v) is 13.8. The standard InChI is InChI=1S/C44H56O20/c1-18(2)27(50)26-28-37(8,29(60-32(26)51)23-13-14-56-16-23)30(57-20(4)46)31(58-21(5)47)44-39(10)24(15-25(49)55-12)36(7)17-41(39)42(54,33(36)61-35(52)38(9,53)19(3)45)34(59-22(6)48)43(28,44)63-40(11,62-41)64-44/h13-14,16,18-19,24,28-31,33-34,45,50,53-54H,15,17H2,1-12H3/b27-26-/t19?,24-,28+,29-,30-,31+,33-,34+,36+,37+,38?,39+,40?,41?,42-,43+,44-/m0/s1. The average Bonchev–Trinajstić information content (AvgIpc) is 3.89. The van der Waals surface area contributed by atoms with Crippen LogP contribution in [0.2, 0.25) is 0 Å². The third-order valence-electron chi connectivity index (χ3n) is 16.0. The van der Waals surface area contributed by atoms with Crippen molar-refractivity contribution in [3.05, 3.63) is 35.5 Å². The number of hydrogen-bond donors (Lipinski definition) is 4. The largest absolute Gasteiger partial charge is 0.511 e. The number of fused-ring (bicyclic) bond motifs is 3. The third kappa shape index (κ3) is 5.04.